The number of aromatic nitrogens is 2. The van der Waals surface area contributed by atoms with Gasteiger partial charge in [0.15, 0.2) is 5.65 Å². The van der Waals surface area contributed by atoms with E-state index in [1.54, 1.807) is 58.0 Å². The van der Waals surface area contributed by atoms with Gasteiger partial charge in [-0.25, -0.2) is 22.2 Å². The van der Waals surface area contributed by atoms with E-state index in [4.69, 9.17) is 9.47 Å². The van der Waals surface area contributed by atoms with Gasteiger partial charge in [-0.05, 0) is 58.0 Å². The van der Waals surface area contributed by atoms with Gasteiger partial charge in [0.05, 0.1) is 17.9 Å². The maximum absolute atomic E-state index is 13.3. The van der Waals surface area contributed by atoms with Gasteiger partial charge in [0.25, 0.3) is 10.0 Å². The molecule has 0 unspecified atom stereocenters. The number of rotatable bonds is 7. The van der Waals surface area contributed by atoms with E-state index < -0.39 is 27.6 Å². The van der Waals surface area contributed by atoms with Crippen LogP contribution in [0.25, 0.3) is 17.1 Å². The molecule has 0 fully saturated rings. The lowest BCUT2D eigenvalue weighted by Gasteiger charge is -2.19. The Hall–Kier alpha value is -3.46. The number of nitrogens with zero attached hydrogens (tertiary/aromatic N) is 2. The molecule has 174 valence electrons. The maximum atomic E-state index is 13.3. The van der Waals surface area contributed by atoms with Crippen LogP contribution in [0, 0.1) is 0 Å². The zero-order valence-corrected chi connectivity index (χ0v) is 19.8. The van der Waals surface area contributed by atoms with Gasteiger partial charge < -0.3 is 9.47 Å². The Labute approximate surface area is 192 Å². The summed E-state index contributed by atoms with van der Waals surface area (Å²) in [6, 6.07) is 11.3. The first kappa shape index (κ1) is 24.2. The van der Waals surface area contributed by atoms with E-state index >= 15 is 0 Å². The largest absolute Gasteiger partial charge is 0.463 e. The molecule has 0 amide bonds. The Balaban J connectivity index is 2.13. The van der Waals surface area contributed by atoms with Crippen LogP contribution in [0.2, 0.25) is 0 Å². The van der Waals surface area contributed by atoms with Crippen molar-refractivity contribution < 1.29 is 27.5 Å². The van der Waals surface area contributed by atoms with Gasteiger partial charge in [-0.1, -0.05) is 18.2 Å². The molecule has 0 bridgehead atoms. The second-order valence-electron chi connectivity index (χ2n) is 8.23. The second kappa shape index (κ2) is 9.58. The number of carbonyl (C=O) groups excluding carboxylic acids is 2. The predicted molar refractivity (Wildman–Crippen MR) is 124 cm³/mol. The summed E-state index contributed by atoms with van der Waals surface area (Å²) in [6.07, 6.45) is 3.99. The third kappa shape index (κ3) is 5.67. The number of ether oxygens (including phenoxy) is 2. The Morgan fingerprint density at radius 1 is 1.09 bits per heavy atom. The van der Waals surface area contributed by atoms with Crippen molar-refractivity contribution in [3.8, 4) is 0 Å². The minimum Gasteiger partial charge on any atom is -0.463 e. The molecule has 2 heterocycles. The lowest BCUT2D eigenvalue weighted by atomic mass is 10.1. The highest BCUT2D eigenvalue weighted by Crippen LogP contribution is 2.27. The molecule has 0 atom stereocenters. The van der Waals surface area contributed by atoms with Crippen LogP contribution < -0.4 is 0 Å². The summed E-state index contributed by atoms with van der Waals surface area (Å²) >= 11 is 0. The van der Waals surface area contributed by atoms with Crippen LogP contribution in [-0.2, 0) is 29.1 Å². The van der Waals surface area contributed by atoms with E-state index in [9.17, 15) is 18.0 Å². The molecule has 8 nitrogen and oxygen atoms in total. The van der Waals surface area contributed by atoms with Crippen LogP contribution in [0.4, 0.5) is 0 Å². The second-order valence-corrected chi connectivity index (χ2v) is 10.0. The molecule has 2 aromatic heterocycles. The number of benzene rings is 1. The maximum Gasteiger partial charge on any atom is 0.334 e. The number of carbonyl (C=O) groups is 2. The number of hydrogen-bond acceptors (Lipinski definition) is 7. The summed E-state index contributed by atoms with van der Waals surface area (Å²) in [5.41, 5.74) is -0.0657. The first-order valence-electron chi connectivity index (χ1n) is 10.4. The molecule has 0 aliphatic heterocycles. The minimum atomic E-state index is -3.94. The van der Waals surface area contributed by atoms with Crippen LogP contribution in [-0.4, -0.2) is 41.5 Å². The van der Waals surface area contributed by atoms with Gasteiger partial charge in [0.1, 0.15) is 5.60 Å². The highest BCUT2D eigenvalue weighted by Gasteiger charge is 2.24. The van der Waals surface area contributed by atoms with Crippen LogP contribution in [0.15, 0.2) is 65.3 Å². The lowest BCUT2D eigenvalue weighted by Crippen LogP contribution is -2.25. The molecule has 9 heteroatoms. The molecule has 3 aromatic rings. The molecule has 0 saturated carbocycles. The van der Waals surface area contributed by atoms with Crippen molar-refractivity contribution >= 4 is 39.1 Å². The van der Waals surface area contributed by atoms with Gasteiger partial charge in [0.2, 0.25) is 0 Å². The molecule has 0 spiro atoms. The molecule has 1 aromatic carbocycles. The fourth-order valence-corrected chi connectivity index (χ4v) is 4.54. The Bertz CT molecular complexity index is 1300. The van der Waals surface area contributed by atoms with Crippen molar-refractivity contribution in [1.82, 2.24) is 8.96 Å². The van der Waals surface area contributed by atoms with Crippen LogP contribution in [0.5, 0.6) is 0 Å². The van der Waals surface area contributed by atoms with E-state index in [1.807, 2.05) is 0 Å². The summed E-state index contributed by atoms with van der Waals surface area (Å²) < 4.78 is 38.0. The summed E-state index contributed by atoms with van der Waals surface area (Å²) in [5, 5.41) is 0.503. The van der Waals surface area contributed by atoms with Gasteiger partial charge >= 0.3 is 11.9 Å². The van der Waals surface area contributed by atoms with Crippen molar-refractivity contribution in [2.24, 2.45) is 0 Å². The fraction of sp³-hybridized carbons (Fsp3) is 0.292. The van der Waals surface area contributed by atoms with Crippen LogP contribution >= 0.6 is 0 Å². The lowest BCUT2D eigenvalue weighted by molar-refractivity contribution is -0.155. The zero-order valence-electron chi connectivity index (χ0n) is 18.9. The van der Waals surface area contributed by atoms with Crippen molar-refractivity contribution in [2.75, 3.05) is 6.61 Å². The predicted octanol–water partition coefficient (Wildman–Crippen LogP) is 3.95. The zero-order chi connectivity index (χ0) is 24.2. The van der Waals surface area contributed by atoms with Gasteiger partial charge in [-0.2, -0.15) is 0 Å². The van der Waals surface area contributed by atoms with E-state index in [-0.39, 0.29) is 29.1 Å². The quantitative estimate of drug-likeness (QED) is 0.380. The molecule has 3 rings (SSSR count). The van der Waals surface area contributed by atoms with Gasteiger partial charge in [0, 0.05) is 28.9 Å². The molecular weight excluding hydrogens is 444 g/mol. The van der Waals surface area contributed by atoms with Gasteiger partial charge in [-0.3, -0.25) is 4.79 Å². The molecular formula is C24H26N2O6S. The van der Waals surface area contributed by atoms with Crippen molar-refractivity contribution in [2.45, 2.75) is 44.6 Å². The molecule has 0 radical (unpaired) electrons. The number of pyridine rings is 1. The fourth-order valence-electron chi connectivity index (χ4n) is 3.19. The Morgan fingerprint density at radius 2 is 1.79 bits per heavy atom. The Morgan fingerprint density at radius 3 is 2.42 bits per heavy atom. The number of fused-ring (bicyclic) bond motifs is 1. The third-order valence-electron chi connectivity index (χ3n) is 4.48. The molecule has 0 aliphatic carbocycles. The first-order chi connectivity index (χ1) is 15.5. The minimum absolute atomic E-state index is 0.0473. The monoisotopic (exact) mass is 470 g/mol. The van der Waals surface area contributed by atoms with E-state index in [0.717, 1.165) is 3.97 Å². The average Bonchev–Trinajstić information content (AvgIpc) is 3.12. The Kier molecular flexibility index (Phi) is 7.02. The summed E-state index contributed by atoms with van der Waals surface area (Å²) in [5.74, 6) is -1.28. The highest BCUT2D eigenvalue weighted by atomic mass is 32.2. The van der Waals surface area contributed by atoms with E-state index in [0.29, 0.717) is 10.9 Å². The van der Waals surface area contributed by atoms with Crippen molar-refractivity contribution in [3.63, 3.8) is 0 Å². The smallest absolute Gasteiger partial charge is 0.334 e. The third-order valence-corrected chi connectivity index (χ3v) is 6.15. The topological polar surface area (TPSA) is 105 Å². The number of esters is 2. The summed E-state index contributed by atoms with van der Waals surface area (Å²) in [7, 11) is -3.94. The van der Waals surface area contributed by atoms with E-state index in [2.05, 4.69) is 4.98 Å². The summed E-state index contributed by atoms with van der Waals surface area (Å²) in [4.78, 5) is 29.3. The average molecular weight is 471 g/mol. The van der Waals surface area contributed by atoms with Crippen LogP contribution in [0.3, 0.4) is 0 Å². The highest BCUT2D eigenvalue weighted by molar-refractivity contribution is 7.90. The van der Waals surface area contributed by atoms with Crippen LogP contribution in [0.1, 0.15) is 39.7 Å². The van der Waals surface area contributed by atoms with Crippen molar-refractivity contribution in [1.29, 1.82) is 0 Å². The normalized spacial score (nSPS) is 12.5. The SMILES string of the molecule is CCOC(=O)C(=Cc1cn(S(=O)(=O)c2ccccc2)c2ncccc12)CC(=O)OC(C)(C)C. The molecule has 0 saturated heterocycles. The van der Waals surface area contributed by atoms with Crippen molar-refractivity contribution in [3.05, 3.63) is 66.0 Å². The molecule has 0 aliphatic rings. The molecule has 0 N–H and O–H groups in total. The number of hydrogen-bond donors (Lipinski definition) is 0. The molecule has 33 heavy (non-hydrogen) atoms. The van der Waals surface area contributed by atoms with Gasteiger partial charge in [-0.15, -0.1) is 0 Å². The summed E-state index contributed by atoms with van der Waals surface area (Å²) in [6.45, 7) is 6.96. The van der Waals surface area contributed by atoms with E-state index in [1.165, 1.54) is 30.6 Å². The standard InChI is InChI=1S/C24H26N2O6S/c1-5-31-23(28)17(15-21(27)32-24(2,3)4)14-18-16-26(22-20(18)12-9-13-25-22)33(29,30)19-10-7-6-8-11-19/h6-14,16H,5,15H2,1-4H3. The first-order valence-corrected chi connectivity index (χ1v) is 11.8.